The third kappa shape index (κ3) is 8.77. The number of ether oxygens (including phenoxy) is 1. The summed E-state index contributed by atoms with van der Waals surface area (Å²) in [7, 11) is 0. The molecule has 4 nitrogen and oxygen atoms in total. The summed E-state index contributed by atoms with van der Waals surface area (Å²) >= 11 is 8.19. The van der Waals surface area contributed by atoms with Crippen LogP contribution in [-0.2, 0) is 11.4 Å². The summed E-state index contributed by atoms with van der Waals surface area (Å²) in [5, 5.41) is 7.46. The number of rotatable bonds is 13. The maximum atomic E-state index is 11.5. The van der Waals surface area contributed by atoms with Crippen LogP contribution in [0.1, 0.15) is 32.3 Å². The number of benzene rings is 3. The van der Waals surface area contributed by atoms with Crippen molar-refractivity contribution >= 4 is 34.8 Å². The zero-order valence-electron chi connectivity index (χ0n) is 19.1. The molecule has 0 aliphatic heterocycles. The molecule has 0 saturated carbocycles. The molecule has 174 valence electrons. The molecule has 0 saturated heterocycles. The summed E-state index contributed by atoms with van der Waals surface area (Å²) in [6, 6.07) is 24.3. The van der Waals surface area contributed by atoms with Crippen LogP contribution in [0.5, 0.6) is 5.75 Å². The first-order valence-electron chi connectivity index (χ1n) is 11.2. The summed E-state index contributed by atoms with van der Waals surface area (Å²) in [6.07, 6.45) is 1.53. The summed E-state index contributed by atoms with van der Waals surface area (Å²) in [4.78, 5) is 13.7. The van der Waals surface area contributed by atoms with Gasteiger partial charge in [0.1, 0.15) is 18.1 Å². The fourth-order valence-corrected chi connectivity index (χ4v) is 4.57. The minimum atomic E-state index is 0.0891. The molecule has 3 aromatic rings. The minimum Gasteiger partial charge on any atom is -0.489 e. The standard InChI is InChI=1S/C27H31ClN2O2S/c1-3-14-29-22(15-20(2)31)18-30-27-13-12-25(17-26(27)28)33-24-11-7-10-23(16-24)32-19-21-8-5-4-6-9-21/h4-13,16-17,22,29-30H,3,14-15,18-19H2,1-2H3. The number of hydrogen-bond acceptors (Lipinski definition) is 5. The van der Waals surface area contributed by atoms with Crippen LogP contribution in [0.15, 0.2) is 82.6 Å². The molecule has 3 aromatic carbocycles. The van der Waals surface area contributed by atoms with Crippen molar-refractivity contribution in [2.45, 2.75) is 49.1 Å². The Kier molecular flexibility index (Phi) is 10.1. The van der Waals surface area contributed by atoms with Gasteiger partial charge in [-0.1, -0.05) is 66.7 Å². The van der Waals surface area contributed by atoms with Gasteiger partial charge in [-0.2, -0.15) is 0 Å². The Morgan fingerprint density at radius 1 is 1.03 bits per heavy atom. The van der Waals surface area contributed by atoms with Crippen molar-refractivity contribution in [2.24, 2.45) is 0 Å². The number of ketones is 1. The molecule has 0 amide bonds. The van der Waals surface area contributed by atoms with Crippen LogP contribution in [0.25, 0.3) is 0 Å². The fraction of sp³-hybridized carbons (Fsp3) is 0.296. The molecule has 0 fully saturated rings. The first kappa shape index (κ1) is 25.2. The van der Waals surface area contributed by atoms with E-state index in [1.54, 1.807) is 18.7 Å². The Balaban J connectivity index is 1.57. The molecule has 0 bridgehead atoms. The van der Waals surface area contributed by atoms with Gasteiger partial charge in [0.2, 0.25) is 0 Å². The van der Waals surface area contributed by atoms with Gasteiger partial charge in [-0.15, -0.1) is 0 Å². The lowest BCUT2D eigenvalue weighted by atomic mass is 10.1. The Hall–Kier alpha value is -2.47. The van der Waals surface area contributed by atoms with E-state index in [1.165, 1.54) is 0 Å². The second kappa shape index (κ2) is 13.3. The van der Waals surface area contributed by atoms with Crippen molar-refractivity contribution in [1.29, 1.82) is 0 Å². The van der Waals surface area contributed by atoms with Crippen molar-refractivity contribution in [3.05, 3.63) is 83.4 Å². The van der Waals surface area contributed by atoms with Gasteiger partial charge < -0.3 is 15.4 Å². The van der Waals surface area contributed by atoms with Gasteiger partial charge in [0, 0.05) is 28.8 Å². The molecule has 3 rings (SSSR count). The molecule has 0 aromatic heterocycles. The lowest BCUT2D eigenvalue weighted by Gasteiger charge is -2.19. The molecule has 0 heterocycles. The van der Waals surface area contributed by atoms with Gasteiger partial charge in [-0.3, -0.25) is 4.79 Å². The Labute approximate surface area is 206 Å². The summed E-state index contributed by atoms with van der Waals surface area (Å²) in [5.41, 5.74) is 2.01. The zero-order valence-corrected chi connectivity index (χ0v) is 20.7. The molecule has 6 heteroatoms. The molecule has 0 spiro atoms. The van der Waals surface area contributed by atoms with Gasteiger partial charge in [0.15, 0.2) is 0 Å². The smallest absolute Gasteiger partial charge is 0.131 e. The molecule has 2 N–H and O–H groups in total. The quantitative estimate of drug-likeness (QED) is 0.279. The maximum absolute atomic E-state index is 11.5. The van der Waals surface area contributed by atoms with Crippen molar-refractivity contribution in [2.75, 3.05) is 18.4 Å². The van der Waals surface area contributed by atoms with Gasteiger partial charge in [-0.25, -0.2) is 0 Å². The average molecular weight is 483 g/mol. The zero-order chi connectivity index (χ0) is 23.5. The predicted molar refractivity (Wildman–Crippen MR) is 139 cm³/mol. The maximum Gasteiger partial charge on any atom is 0.131 e. The highest BCUT2D eigenvalue weighted by Crippen LogP contribution is 2.34. The van der Waals surface area contributed by atoms with E-state index < -0.39 is 0 Å². The molecule has 1 atom stereocenters. The molecule has 1 unspecified atom stereocenters. The number of halogens is 1. The van der Waals surface area contributed by atoms with Crippen LogP contribution in [-0.4, -0.2) is 24.9 Å². The van der Waals surface area contributed by atoms with E-state index in [-0.39, 0.29) is 11.8 Å². The summed E-state index contributed by atoms with van der Waals surface area (Å²) in [6.45, 7) is 5.81. The van der Waals surface area contributed by atoms with Crippen molar-refractivity contribution in [1.82, 2.24) is 5.32 Å². The number of nitrogens with one attached hydrogen (secondary N) is 2. The van der Waals surface area contributed by atoms with E-state index in [1.807, 2.05) is 48.5 Å². The topological polar surface area (TPSA) is 50.4 Å². The first-order chi connectivity index (χ1) is 16.0. The molecule has 0 radical (unpaired) electrons. The third-order valence-electron chi connectivity index (χ3n) is 4.99. The van der Waals surface area contributed by atoms with Crippen LogP contribution >= 0.6 is 23.4 Å². The van der Waals surface area contributed by atoms with Crippen LogP contribution < -0.4 is 15.4 Å². The second-order valence-electron chi connectivity index (χ2n) is 7.93. The van der Waals surface area contributed by atoms with Crippen LogP contribution in [0.3, 0.4) is 0 Å². The number of hydrogen-bond donors (Lipinski definition) is 2. The van der Waals surface area contributed by atoms with Crippen molar-refractivity contribution in [3.8, 4) is 5.75 Å². The van der Waals surface area contributed by atoms with E-state index >= 15 is 0 Å². The van der Waals surface area contributed by atoms with E-state index in [4.69, 9.17) is 16.3 Å². The molecule has 0 aliphatic rings. The Bertz CT molecular complexity index is 1030. The SMILES string of the molecule is CCCNC(CNc1ccc(Sc2cccc(OCc3ccccc3)c2)cc1Cl)CC(C)=O. The third-order valence-corrected chi connectivity index (χ3v) is 6.28. The Morgan fingerprint density at radius 3 is 2.55 bits per heavy atom. The van der Waals surface area contributed by atoms with Crippen molar-refractivity contribution in [3.63, 3.8) is 0 Å². The normalized spacial score (nSPS) is 11.7. The second-order valence-corrected chi connectivity index (χ2v) is 9.49. The van der Waals surface area contributed by atoms with Gasteiger partial charge >= 0.3 is 0 Å². The highest BCUT2D eigenvalue weighted by molar-refractivity contribution is 7.99. The highest BCUT2D eigenvalue weighted by atomic mass is 35.5. The van der Waals surface area contributed by atoms with Gasteiger partial charge in [0.25, 0.3) is 0 Å². The predicted octanol–water partition coefficient (Wildman–Crippen LogP) is 6.83. The van der Waals surface area contributed by atoms with Crippen LogP contribution in [0.4, 0.5) is 5.69 Å². The summed E-state index contributed by atoms with van der Waals surface area (Å²) in [5.74, 6) is 1.02. The highest BCUT2D eigenvalue weighted by Gasteiger charge is 2.12. The monoisotopic (exact) mass is 482 g/mol. The van der Waals surface area contributed by atoms with E-state index in [9.17, 15) is 4.79 Å². The summed E-state index contributed by atoms with van der Waals surface area (Å²) < 4.78 is 5.94. The van der Waals surface area contributed by atoms with E-state index in [0.29, 0.717) is 24.6 Å². The number of carbonyl (C=O) groups excluding carboxylic acids is 1. The number of carbonyl (C=O) groups is 1. The van der Waals surface area contributed by atoms with Gasteiger partial charge in [-0.05, 0) is 61.9 Å². The molecular formula is C27H31ClN2O2S. The number of Topliss-reactive ketones (excluding diaryl/α,β-unsaturated/α-hetero) is 1. The average Bonchev–Trinajstić information content (AvgIpc) is 2.81. The van der Waals surface area contributed by atoms with Gasteiger partial charge in [0.05, 0.1) is 10.7 Å². The van der Waals surface area contributed by atoms with Crippen molar-refractivity contribution < 1.29 is 9.53 Å². The van der Waals surface area contributed by atoms with E-state index in [2.05, 4.69) is 41.8 Å². The molecule has 0 aliphatic carbocycles. The van der Waals surface area contributed by atoms with Crippen LogP contribution in [0.2, 0.25) is 5.02 Å². The number of anilines is 1. The Morgan fingerprint density at radius 2 is 1.82 bits per heavy atom. The first-order valence-corrected chi connectivity index (χ1v) is 12.4. The molecule has 33 heavy (non-hydrogen) atoms. The lowest BCUT2D eigenvalue weighted by Crippen LogP contribution is -2.37. The fourth-order valence-electron chi connectivity index (χ4n) is 3.35. The minimum absolute atomic E-state index is 0.0891. The molecular weight excluding hydrogens is 452 g/mol. The largest absolute Gasteiger partial charge is 0.489 e. The van der Waals surface area contributed by atoms with E-state index in [0.717, 1.165) is 39.8 Å². The van der Waals surface area contributed by atoms with Crippen LogP contribution in [0, 0.1) is 0 Å². The lowest BCUT2D eigenvalue weighted by molar-refractivity contribution is -0.117.